The number of Topliss-reactive ketones (excluding diaryl/α,β-unsaturated/α-hetero) is 1. The zero-order chi connectivity index (χ0) is 22.3. The summed E-state index contributed by atoms with van der Waals surface area (Å²) in [6.45, 7) is 9.53. The lowest BCUT2D eigenvalue weighted by molar-refractivity contribution is -0.137. The lowest BCUT2D eigenvalue weighted by Gasteiger charge is -2.40. The molecule has 0 bridgehead atoms. The van der Waals surface area contributed by atoms with Crippen LogP contribution in [0.25, 0.3) is 0 Å². The topological polar surface area (TPSA) is 55.8 Å². The Labute approximate surface area is 193 Å². The number of amides is 1. The Morgan fingerprint density at radius 3 is 2.48 bits per heavy atom. The fraction of sp³-hybridized carbons (Fsp3) is 0.600. The summed E-state index contributed by atoms with van der Waals surface area (Å²) in [7, 11) is 0. The van der Waals surface area contributed by atoms with E-state index in [2.05, 4.69) is 29.8 Å². The summed E-state index contributed by atoms with van der Waals surface area (Å²) >= 11 is 3.48. The van der Waals surface area contributed by atoms with Crippen LogP contribution in [0.15, 0.2) is 40.1 Å². The maximum Gasteiger partial charge on any atom is 0.290 e. The smallest absolute Gasteiger partial charge is 0.290 e. The molecule has 1 saturated carbocycles. The van der Waals surface area contributed by atoms with Crippen molar-refractivity contribution in [3.8, 4) is 0 Å². The SMILES string of the molecule is CC(C)OCCCN1C(=O)C2=C(C(=O)C3CC(C)C(C)CC3O2)C1c1ccc(Br)cc1. The molecule has 5 unspecified atom stereocenters. The fourth-order valence-electron chi connectivity index (χ4n) is 5.08. The third-order valence-corrected chi connectivity index (χ3v) is 7.52. The molecule has 168 valence electrons. The number of hydrogen-bond acceptors (Lipinski definition) is 4. The minimum Gasteiger partial charge on any atom is -0.483 e. The molecule has 1 aromatic carbocycles. The van der Waals surface area contributed by atoms with Crippen molar-refractivity contribution in [2.75, 3.05) is 13.2 Å². The van der Waals surface area contributed by atoms with Gasteiger partial charge in [0.25, 0.3) is 5.91 Å². The second-order valence-electron chi connectivity index (χ2n) is 9.52. The van der Waals surface area contributed by atoms with Crippen LogP contribution < -0.4 is 0 Å². The molecule has 2 aliphatic heterocycles. The predicted molar refractivity (Wildman–Crippen MR) is 122 cm³/mol. The monoisotopic (exact) mass is 489 g/mol. The molecule has 1 aliphatic carbocycles. The maximum atomic E-state index is 13.7. The number of ketones is 1. The molecule has 3 aliphatic rings. The summed E-state index contributed by atoms with van der Waals surface area (Å²) in [4.78, 5) is 28.9. The van der Waals surface area contributed by atoms with Gasteiger partial charge in [-0.15, -0.1) is 0 Å². The lowest BCUT2D eigenvalue weighted by atomic mass is 9.70. The van der Waals surface area contributed by atoms with Gasteiger partial charge in [0, 0.05) is 17.6 Å². The summed E-state index contributed by atoms with van der Waals surface area (Å²) in [6.07, 6.45) is 2.33. The van der Waals surface area contributed by atoms with Gasteiger partial charge in [-0.25, -0.2) is 0 Å². The molecule has 1 amide bonds. The van der Waals surface area contributed by atoms with Crippen molar-refractivity contribution >= 4 is 27.6 Å². The van der Waals surface area contributed by atoms with Crippen LogP contribution in [-0.4, -0.2) is 41.9 Å². The Morgan fingerprint density at radius 1 is 1.13 bits per heavy atom. The largest absolute Gasteiger partial charge is 0.483 e. The molecule has 5 nitrogen and oxygen atoms in total. The quantitative estimate of drug-likeness (QED) is 0.524. The van der Waals surface area contributed by atoms with E-state index in [9.17, 15) is 9.59 Å². The molecular formula is C25H32BrNO4. The van der Waals surface area contributed by atoms with E-state index in [4.69, 9.17) is 9.47 Å². The lowest BCUT2D eigenvalue weighted by Crippen LogP contribution is -2.43. The number of benzene rings is 1. The highest BCUT2D eigenvalue weighted by molar-refractivity contribution is 9.10. The van der Waals surface area contributed by atoms with Gasteiger partial charge in [0.05, 0.1) is 23.6 Å². The normalized spacial score (nSPS) is 30.5. The van der Waals surface area contributed by atoms with E-state index in [0.29, 0.717) is 37.0 Å². The second-order valence-corrected chi connectivity index (χ2v) is 10.4. The molecule has 0 radical (unpaired) electrons. The number of ether oxygens (including phenoxy) is 2. The highest BCUT2D eigenvalue weighted by atomic mass is 79.9. The molecule has 0 aromatic heterocycles. The summed E-state index contributed by atoms with van der Waals surface area (Å²) in [5, 5.41) is 0. The summed E-state index contributed by atoms with van der Waals surface area (Å²) in [5.41, 5.74) is 1.50. The molecule has 1 aromatic rings. The first-order valence-electron chi connectivity index (χ1n) is 11.4. The Bertz CT molecular complexity index is 878. The van der Waals surface area contributed by atoms with E-state index in [0.717, 1.165) is 22.9 Å². The van der Waals surface area contributed by atoms with Crippen LogP contribution in [-0.2, 0) is 19.1 Å². The highest BCUT2D eigenvalue weighted by Gasteiger charge is 2.53. The van der Waals surface area contributed by atoms with Crippen LogP contribution in [0.1, 0.15) is 58.6 Å². The first-order valence-corrected chi connectivity index (χ1v) is 12.2. The molecule has 31 heavy (non-hydrogen) atoms. The van der Waals surface area contributed by atoms with Crippen molar-refractivity contribution in [1.82, 2.24) is 4.90 Å². The summed E-state index contributed by atoms with van der Waals surface area (Å²) in [5.74, 6) is 1.03. The van der Waals surface area contributed by atoms with Crippen LogP contribution in [0.4, 0.5) is 0 Å². The molecule has 2 heterocycles. The van der Waals surface area contributed by atoms with E-state index < -0.39 is 6.04 Å². The maximum absolute atomic E-state index is 13.7. The molecular weight excluding hydrogens is 458 g/mol. The Morgan fingerprint density at radius 2 is 1.81 bits per heavy atom. The number of rotatable bonds is 6. The molecule has 0 spiro atoms. The Hall–Kier alpha value is -1.66. The number of hydrogen-bond donors (Lipinski definition) is 0. The molecule has 5 atom stereocenters. The number of nitrogens with zero attached hydrogens (tertiary/aromatic N) is 1. The van der Waals surface area contributed by atoms with Gasteiger partial charge in [0.15, 0.2) is 11.5 Å². The van der Waals surface area contributed by atoms with Crippen molar-refractivity contribution in [3.63, 3.8) is 0 Å². The van der Waals surface area contributed by atoms with E-state index in [1.807, 2.05) is 38.1 Å². The molecule has 0 saturated heterocycles. The van der Waals surface area contributed by atoms with Crippen molar-refractivity contribution < 1.29 is 19.1 Å². The van der Waals surface area contributed by atoms with Gasteiger partial charge in [0.1, 0.15) is 6.10 Å². The van der Waals surface area contributed by atoms with E-state index in [1.54, 1.807) is 4.90 Å². The molecule has 6 heteroatoms. The summed E-state index contributed by atoms with van der Waals surface area (Å²) in [6, 6.07) is 7.50. The van der Waals surface area contributed by atoms with Gasteiger partial charge in [-0.2, -0.15) is 0 Å². The van der Waals surface area contributed by atoms with Crippen LogP contribution in [0.5, 0.6) is 0 Å². The first-order chi connectivity index (χ1) is 14.8. The van der Waals surface area contributed by atoms with Crippen LogP contribution in [0.2, 0.25) is 0 Å². The fourth-order valence-corrected chi connectivity index (χ4v) is 5.35. The van der Waals surface area contributed by atoms with Crippen LogP contribution >= 0.6 is 15.9 Å². The van der Waals surface area contributed by atoms with Gasteiger partial charge in [-0.1, -0.05) is 41.9 Å². The first kappa shape index (κ1) is 22.5. The van der Waals surface area contributed by atoms with Crippen molar-refractivity contribution in [2.24, 2.45) is 17.8 Å². The average molecular weight is 490 g/mol. The molecule has 1 fully saturated rings. The van der Waals surface area contributed by atoms with E-state index in [-0.39, 0.29) is 35.6 Å². The third-order valence-electron chi connectivity index (χ3n) is 6.99. The number of halogens is 1. The number of fused-ring (bicyclic) bond motifs is 1. The second kappa shape index (κ2) is 9.07. The van der Waals surface area contributed by atoms with Gasteiger partial charge in [-0.05, 0) is 62.6 Å². The van der Waals surface area contributed by atoms with Crippen LogP contribution in [0.3, 0.4) is 0 Å². The number of carbonyl (C=O) groups is 2. The van der Waals surface area contributed by atoms with Crippen molar-refractivity contribution in [2.45, 2.75) is 65.2 Å². The summed E-state index contributed by atoms with van der Waals surface area (Å²) < 4.78 is 12.9. The van der Waals surface area contributed by atoms with Gasteiger partial charge >= 0.3 is 0 Å². The average Bonchev–Trinajstić information content (AvgIpc) is 3.00. The minimum atomic E-state index is -0.391. The van der Waals surface area contributed by atoms with Crippen molar-refractivity contribution in [3.05, 3.63) is 45.6 Å². The Balaban J connectivity index is 1.66. The van der Waals surface area contributed by atoms with Crippen molar-refractivity contribution in [1.29, 1.82) is 0 Å². The highest BCUT2D eigenvalue weighted by Crippen LogP contribution is 2.48. The zero-order valence-electron chi connectivity index (χ0n) is 18.8. The standard InChI is InChI=1S/C25H32BrNO4/c1-14(2)30-11-5-10-27-22(17-6-8-18(26)9-7-17)21-23(28)19-12-15(3)16(4)13-20(19)31-24(21)25(27)29/h6-9,14-16,19-20,22H,5,10-13H2,1-4H3. The van der Waals surface area contributed by atoms with Crippen LogP contribution in [0, 0.1) is 17.8 Å². The third kappa shape index (κ3) is 4.34. The van der Waals surface area contributed by atoms with Gasteiger partial charge in [0.2, 0.25) is 0 Å². The van der Waals surface area contributed by atoms with E-state index in [1.165, 1.54) is 0 Å². The minimum absolute atomic E-state index is 0.104. The molecule has 0 N–H and O–H groups in total. The van der Waals surface area contributed by atoms with E-state index >= 15 is 0 Å². The molecule has 4 rings (SSSR count). The zero-order valence-corrected chi connectivity index (χ0v) is 20.4. The number of carbonyl (C=O) groups excluding carboxylic acids is 2. The Kier molecular flexibility index (Phi) is 6.59. The van der Waals surface area contributed by atoms with Gasteiger partial charge < -0.3 is 14.4 Å². The predicted octanol–water partition coefficient (Wildman–Crippen LogP) is 5.05. The van der Waals surface area contributed by atoms with Gasteiger partial charge in [-0.3, -0.25) is 9.59 Å².